The van der Waals surface area contributed by atoms with E-state index in [4.69, 9.17) is 0 Å². The number of piperidine rings is 3. The Balaban J connectivity index is 1.47. The third kappa shape index (κ3) is 5.63. The average Bonchev–Trinajstić information content (AvgIpc) is 2.70. The van der Waals surface area contributed by atoms with Crippen LogP contribution in [-0.4, -0.2) is 72.3 Å². The molecule has 0 atom stereocenters. The molecule has 0 aliphatic carbocycles. The van der Waals surface area contributed by atoms with Crippen molar-refractivity contribution < 1.29 is 0 Å². The quantitative estimate of drug-likeness (QED) is 0.420. The zero-order valence-electron chi connectivity index (χ0n) is 16.1. The first kappa shape index (κ1) is 18.6. The largest absolute Gasteiger partial charge is 0.351 e. The van der Waals surface area contributed by atoms with Gasteiger partial charge in [-0.3, -0.25) is 0 Å². The minimum atomic E-state index is 0.423. The van der Waals surface area contributed by atoms with E-state index in [1.807, 2.05) is 0 Å². The fourth-order valence-corrected chi connectivity index (χ4v) is 4.02. The molecule has 0 unspecified atom stereocenters. The monoisotopic (exact) mass is 375 g/mol. The Morgan fingerprint density at radius 1 is 0.481 bits per heavy atom. The molecule has 4 rings (SSSR count). The van der Waals surface area contributed by atoms with Crippen LogP contribution in [0.2, 0.25) is 0 Å². The average molecular weight is 376 g/mol. The Bertz CT molecular complexity index is 485. The number of anilines is 3. The molecule has 6 N–H and O–H groups in total. The first-order valence-corrected chi connectivity index (χ1v) is 10.5. The molecule has 1 aromatic heterocycles. The number of hydrogen-bond acceptors (Lipinski definition) is 9. The van der Waals surface area contributed by atoms with Gasteiger partial charge in [0.25, 0.3) is 0 Å². The Labute approximate surface area is 161 Å². The molecule has 0 amide bonds. The van der Waals surface area contributed by atoms with E-state index in [0.717, 1.165) is 77.8 Å². The van der Waals surface area contributed by atoms with Crippen LogP contribution in [0.5, 0.6) is 0 Å². The van der Waals surface area contributed by atoms with Gasteiger partial charge < -0.3 is 31.9 Å². The number of aromatic nitrogens is 3. The van der Waals surface area contributed by atoms with Gasteiger partial charge in [0.2, 0.25) is 17.8 Å². The molecule has 4 heterocycles. The Morgan fingerprint density at radius 3 is 1.00 bits per heavy atom. The van der Waals surface area contributed by atoms with Crippen LogP contribution < -0.4 is 31.9 Å². The summed E-state index contributed by atoms with van der Waals surface area (Å²) in [6, 6.07) is 1.27. The highest BCUT2D eigenvalue weighted by molar-refractivity contribution is 5.43. The SMILES string of the molecule is C1CC(Nc2nc(NC3CCNCC3)nc(NC3CCNCC3)n2)CCN1. The van der Waals surface area contributed by atoms with Crippen molar-refractivity contribution in [2.75, 3.05) is 55.2 Å². The van der Waals surface area contributed by atoms with E-state index in [1.165, 1.54) is 0 Å². The van der Waals surface area contributed by atoms with Gasteiger partial charge in [0.15, 0.2) is 0 Å². The Kier molecular flexibility index (Phi) is 6.54. The zero-order valence-corrected chi connectivity index (χ0v) is 16.1. The van der Waals surface area contributed by atoms with Crippen molar-refractivity contribution in [3.05, 3.63) is 0 Å². The van der Waals surface area contributed by atoms with Gasteiger partial charge in [0.05, 0.1) is 0 Å². The topological polar surface area (TPSA) is 111 Å². The molecule has 0 saturated carbocycles. The van der Waals surface area contributed by atoms with Crippen molar-refractivity contribution in [2.45, 2.75) is 56.7 Å². The highest BCUT2D eigenvalue weighted by Crippen LogP contribution is 2.18. The second-order valence-corrected chi connectivity index (χ2v) is 7.81. The molecular weight excluding hydrogens is 342 g/mol. The summed E-state index contributed by atoms with van der Waals surface area (Å²) in [5, 5.41) is 20.8. The summed E-state index contributed by atoms with van der Waals surface area (Å²) in [5.41, 5.74) is 0. The molecule has 1 aromatic rings. The molecule has 3 aliphatic heterocycles. The highest BCUT2D eigenvalue weighted by atomic mass is 15.3. The molecule has 3 fully saturated rings. The molecular formula is C18H33N9. The van der Waals surface area contributed by atoms with Crippen LogP contribution in [0.25, 0.3) is 0 Å². The number of hydrogen-bond donors (Lipinski definition) is 6. The highest BCUT2D eigenvalue weighted by Gasteiger charge is 2.19. The van der Waals surface area contributed by atoms with Crippen LogP contribution in [-0.2, 0) is 0 Å². The summed E-state index contributed by atoms with van der Waals surface area (Å²) in [5.74, 6) is 2.05. The summed E-state index contributed by atoms with van der Waals surface area (Å²) in [6.07, 6.45) is 6.58. The molecule has 0 bridgehead atoms. The second-order valence-electron chi connectivity index (χ2n) is 7.81. The fourth-order valence-electron chi connectivity index (χ4n) is 4.02. The minimum absolute atomic E-state index is 0.423. The maximum atomic E-state index is 4.68. The number of nitrogens with zero attached hydrogens (tertiary/aromatic N) is 3. The number of nitrogens with one attached hydrogen (secondary N) is 6. The Hall–Kier alpha value is -1.71. The molecule has 3 aliphatic rings. The molecule has 9 heteroatoms. The van der Waals surface area contributed by atoms with Crippen LogP contribution in [0, 0.1) is 0 Å². The summed E-state index contributed by atoms with van der Waals surface area (Å²) in [7, 11) is 0. The third-order valence-corrected chi connectivity index (χ3v) is 5.65. The molecule has 27 heavy (non-hydrogen) atoms. The van der Waals surface area contributed by atoms with Crippen LogP contribution >= 0.6 is 0 Å². The number of rotatable bonds is 6. The summed E-state index contributed by atoms with van der Waals surface area (Å²) in [6.45, 7) is 6.27. The van der Waals surface area contributed by atoms with E-state index >= 15 is 0 Å². The molecule has 0 aromatic carbocycles. The lowest BCUT2D eigenvalue weighted by atomic mass is 10.1. The van der Waals surface area contributed by atoms with Gasteiger partial charge in [-0.1, -0.05) is 0 Å². The van der Waals surface area contributed by atoms with Crippen molar-refractivity contribution in [3.63, 3.8) is 0 Å². The van der Waals surface area contributed by atoms with Gasteiger partial charge in [0.1, 0.15) is 0 Å². The van der Waals surface area contributed by atoms with Gasteiger partial charge in [0, 0.05) is 18.1 Å². The van der Waals surface area contributed by atoms with E-state index in [1.54, 1.807) is 0 Å². The second kappa shape index (κ2) is 9.48. The van der Waals surface area contributed by atoms with Crippen LogP contribution in [0.3, 0.4) is 0 Å². The predicted molar refractivity (Wildman–Crippen MR) is 108 cm³/mol. The maximum absolute atomic E-state index is 4.68. The van der Waals surface area contributed by atoms with Crippen LogP contribution in [0.4, 0.5) is 17.8 Å². The van der Waals surface area contributed by atoms with Crippen molar-refractivity contribution in [1.29, 1.82) is 0 Å². The summed E-state index contributed by atoms with van der Waals surface area (Å²) < 4.78 is 0. The van der Waals surface area contributed by atoms with E-state index in [9.17, 15) is 0 Å². The predicted octanol–water partition coefficient (Wildman–Crippen LogP) is 0.363. The van der Waals surface area contributed by atoms with Gasteiger partial charge in [-0.2, -0.15) is 15.0 Å². The van der Waals surface area contributed by atoms with Crippen molar-refractivity contribution in [1.82, 2.24) is 30.9 Å². The standard InChI is InChI=1S/C18H33N9/c1-7-19-8-2-13(1)22-16-25-17(23-14-3-9-20-10-4-14)27-18(26-16)24-15-5-11-21-12-6-15/h13-15,19-21H,1-12H2,(H3,22,23,24,25,26,27). The van der Waals surface area contributed by atoms with Gasteiger partial charge >= 0.3 is 0 Å². The maximum Gasteiger partial charge on any atom is 0.229 e. The van der Waals surface area contributed by atoms with Crippen LogP contribution in [0.1, 0.15) is 38.5 Å². The molecule has 150 valence electrons. The van der Waals surface area contributed by atoms with E-state index in [-0.39, 0.29) is 0 Å². The van der Waals surface area contributed by atoms with Crippen molar-refractivity contribution >= 4 is 17.8 Å². The van der Waals surface area contributed by atoms with Crippen molar-refractivity contribution in [2.24, 2.45) is 0 Å². The molecule has 3 saturated heterocycles. The Morgan fingerprint density at radius 2 is 0.741 bits per heavy atom. The summed E-state index contributed by atoms with van der Waals surface area (Å²) in [4.78, 5) is 14.0. The van der Waals surface area contributed by atoms with E-state index in [0.29, 0.717) is 36.0 Å². The van der Waals surface area contributed by atoms with E-state index < -0.39 is 0 Å². The third-order valence-electron chi connectivity index (χ3n) is 5.65. The smallest absolute Gasteiger partial charge is 0.229 e. The van der Waals surface area contributed by atoms with Crippen LogP contribution in [0.15, 0.2) is 0 Å². The lowest BCUT2D eigenvalue weighted by Gasteiger charge is -2.27. The van der Waals surface area contributed by atoms with Gasteiger partial charge in [-0.15, -0.1) is 0 Å². The minimum Gasteiger partial charge on any atom is -0.351 e. The normalized spacial score (nSPS) is 23.1. The fraction of sp³-hybridized carbons (Fsp3) is 0.833. The van der Waals surface area contributed by atoms with Gasteiger partial charge in [-0.05, 0) is 77.8 Å². The van der Waals surface area contributed by atoms with Crippen molar-refractivity contribution in [3.8, 4) is 0 Å². The first-order chi connectivity index (χ1) is 13.3. The van der Waals surface area contributed by atoms with Gasteiger partial charge in [-0.25, -0.2) is 0 Å². The zero-order chi connectivity index (χ0) is 18.3. The first-order valence-electron chi connectivity index (χ1n) is 10.5. The molecule has 9 nitrogen and oxygen atoms in total. The lowest BCUT2D eigenvalue weighted by molar-refractivity contribution is 0.472. The summed E-state index contributed by atoms with van der Waals surface area (Å²) >= 11 is 0. The lowest BCUT2D eigenvalue weighted by Crippen LogP contribution is -2.37. The molecule has 0 radical (unpaired) electrons. The van der Waals surface area contributed by atoms with E-state index in [2.05, 4.69) is 46.9 Å². The molecule has 0 spiro atoms.